The van der Waals surface area contributed by atoms with Crippen LogP contribution in [0.4, 0.5) is 0 Å². The molecule has 3 N–H and O–H groups in total. The second kappa shape index (κ2) is 19.8. The molecule has 4 heterocycles. The van der Waals surface area contributed by atoms with Crippen molar-refractivity contribution in [1.82, 2.24) is 18.2 Å². The minimum Gasteiger partial charge on any atom is -0.478 e. The Labute approximate surface area is 370 Å². The van der Waals surface area contributed by atoms with Gasteiger partial charge in [0, 0.05) is 67.2 Å². The number of hydrogen-bond donors (Lipinski definition) is 3. The highest BCUT2D eigenvalue weighted by Crippen LogP contribution is 2.42. The quantitative estimate of drug-likeness (QED) is 0.163. The predicted octanol–water partition coefficient (Wildman–Crippen LogP) is 5.01. The third-order valence-electron chi connectivity index (χ3n) is 13.8. The highest BCUT2D eigenvalue weighted by molar-refractivity contribution is 7.90. The molecule has 0 bridgehead atoms. The number of nitrogens with one attached hydrogen (secondary N) is 1. The first-order chi connectivity index (χ1) is 30.2. The number of hydrogen-bond acceptors (Lipinski definition) is 10. The van der Waals surface area contributed by atoms with Crippen molar-refractivity contribution in [1.29, 1.82) is 0 Å². The van der Waals surface area contributed by atoms with Crippen molar-refractivity contribution in [3.8, 4) is 0 Å². The van der Waals surface area contributed by atoms with Crippen molar-refractivity contribution < 1.29 is 50.9 Å². The molecular formula is C46H62N4O11S2. The van der Waals surface area contributed by atoms with E-state index in [0.29, 0.717) is 59.7 Å². The van der Waals surface area contributed by atoms with Gasteiger partial charge in [0.2, 0.25) is 26.0 Å². The summed E-state index contributed by atoms with van der Waals surface area (Å²) in [4.78, 5) is 38.4. The second-order valence-electron chi connectivity index (χ2n) is 17.2. The van der Waals surface area contributed by atoms with E-state index < -0.39 is 26.0 Å². The van der Waals surface area contributed by atoms with Gasteiger partial charge in [0.05, 0.1) is 41.3 Å². The topological polar surface area (TPSA) is 204 Å². The number of carboxylic acids is 1. The average molecular weight is 911 g/mol. The summed E-state index contributed by atoms with van der Waals surface area (Å²) in [5.74, 6) is 0.528. The fourth-order valence-electron chi connectivity index (χ4n) is 10.4. The van der Waals surface area contributed by atoms with E-state index in [-0.39, 0.29) is 48.6 Å². The molecular weight excluding hydrogens is 849 g/mol. The molecule has 8 rings (SSSR count). The van der Waals surface area contributed by atoms with Gasteiger partial charge < -0.3 is 29.9 Å². The van der Waals surface area contributed by atoms with Gasteiger partial charge in [0.25, 0.3) is 5.91 Å². The van der Waals surface area contributed by atoms with E-state index in [0.717, 1.165) is 111 Å². The zero-order valence-electron chi connectivity index (χ0n) is 36.6. The Morgan fingerprint density at radius 1 is 0.698 bits per heavy atom. The molecule has 0 spiro atoms. The summed E-state index contributed by atoms with van der Waals surface area (Å²) in [7, 11) is -6.97. The van der Waals surface area contributed by atoms with Crippen LogP contribution in [0, 0.1) is 23.7 Å². The van der Waals surface area contributed by atoms with E-state index in [9.17, 15) is 36.3 Å². The van der Waals surface area contributed by atoms with Crippen LogP contribution in [0.25, 0.3) is 21.8 Å². The predicted molar refractivity (Wildman–Crippen MR) is 240 cm³/mol. The first-order valence-corrected chi connectivity index (χ1v) is 25.8. The molecule has 4 aromatic rings. The summed E-state index contributed by atoms with van der Waals surface area (Å²) in [6.45, 7) is 8.45. The number of benzene rings is 2. The molecule has 2 atom stereocenters. The Bertz CT molecular complexity index is 2550. The Balaban J connectivity index is 0.000000196. The monoisotopic (exact) mass is 910 g/mol. The summed E-state index contributed by atoms with van der Waals surface area (Å²) in [6, 6.07) is 9.98. The summed E-state index contributed by atoms with van der Waals surface area (Å²) in [5, 5.41) is 22.5. The van der Waals surface area contributed by atoms with Gasteiger partial charge in [-0.1, -0.05) is 0 Å². The molecule has 2 amide bonds. The zero-order chi connectivity index (χ0) is 45.1. The third-order valence-corrected chi connectivity index (χ3v) is 17.2. The maximum absolute atomic E-state index is 13.3. The molecule has 2 aromatic heterocycles. The molecule has 17 heteroatoms. The van der Waals surface area contributed by atoms with E-state index in [1.165, 1.54) is 18.9 Å². The maximum Gasteiger partial charge on any atom is 0.335 e. The number of amides is 2. The van der Waals surface area contributed by atoms with E-state index >= 15 is 0 Å². The van der Waals surface area contributed by atoms with Gasteiger partial charge in [0.1, 0.15) is 0 Å². The number of aromatic carboxylic acids is 1. The molecule has 63 heavy (non-hydrogen) atoms. The van der Waals surface area contributed by atoms with E-state index in [4.69, 9.17) is 14.6 Å². The van der Waals surface area contributed by atoms with Crippen LogP contribution in [0.1, 0.15) is 103 Å². The van der Waals surface area contributed by atoms with Gasteiger partial charge >= 0.3 is 5.97 Å². The Morgan fingerprint density at radius 3 is 1.59 bits per heavy atom. The number of carbonyl (C=O) groups is 3. The number of fused-ring (bicyclic) bond motifs is 6. The Morgan fingerprint density at radius 2 is 1.16 bits per heavy atom. The number of nitrogens with zero attached hydrogens (tertiary/aromatic N) is 3. The molecule has 2 saturated heterocycles. The van der Waals surface area contributed by atoms with Crippen LogP contribution in [-0.2, 0) is 60.0 Å². The van der Waals surface area contributed by atoms with E-state index in [2.05, 4.69) is 5.32 Å². The van der Waals surface area contributed by atoms with Crippen LogP contribution >= 0.6 is 0 Å². The van der Waals surface area contributed by atoms with Crippen LogP contribution < -0.4 is 5.32 Å². The van der Waals surface area contributed by atoms with Gasteiger partial charge in [-0.15, -0.1) is 0 Å². The van der Waals surface area contributed by atoms with Gasteiger partial charge in [-0.25, -0.2) is 29.6 Å². The first-order valence-electron chi connectivity index (χ1n) is 22.6. The molecule has 2 fully saturated rings. The SMILES string of the molecule is CCN(CC(=O)NCCO)C(=O)c1ccc2c(c1)c1c(n2S(=O)(=O)CC)CCC(C2CCOCC2)C1.CCS(=O)(=O)n1c2c(c3cc(C(=O)O)ccc31)CC(C1CCOCC1)CC2. The normalized spacial score (nSPS) is 19.8. The summed E-state index contributed by atoms with van der Waals surface area (Å²) in [6.07, 6.45) is 9.09. The fourth-order valence-corrected chi connectivity index (χ4v) is 12.9. The number of carbonyl (C=O) groups excluding carboxylic acids is 2. The highest BCUT2D eigenvalue weighted by Gasteiger charge is 2.36. The zero-order valence-corrected chi connectivity index (χ0v) is 38.3. The van der Waals surface area contributed by atoms with Gasteiger partial charge in [-0.3, -0.25) is 9.59 Å². The molecule has 2 aliphatic heterocycles. The van der Waals surface area contributed by atoms with Crippen molar-refractivity contribution in [2.75, 3.05) is 64.2 Å². The van der Waals surface area contributed by atoms with Crippen molar-refractivity contribution in [3.05, 3.63) is 70.0 Å². The van der Waals surface area contributed by atoms with E-state index in [1.54, 1.807) is 51.1 Å². The fraction of sp³-hybridized carbons (Fsp3) is 0.587. The van der Waals surface area contributed by atoms with Crippen molar-refractivity contribution >= 4 is 59.6 Å². The lowest BCUT2D eigenvalue weighted by atomic mass is 9.75. The lowest BCUT2D eigenvalue weighted by Crippen LogP contribution is -2.41. The number of aliphatic hydroxyl groups excluding tert-OH is 1. The lowest BCUT2D eigenvalue weighted by Gasteiger charge is -2.33. The number of aliphatic hydroxyl groups is 1. The Hall–Kier alpha value is -4.29. The minimum absolute atomic E-state index is 0.000140. The number of aromatic nitrogens is 2. The smallest absolute Gasteiger partial charge is 0.335 e. The number of likely N-dealkylation sites (N-methyl/N-ethyl adjacent to an activating group) is 1. The highest BCUT2D eigenvalue weighted by atomic mass is 32.2. The van der Waals surface area contributed by atoms with Gasteiger partial charge in [-0.05, 0) is 156 Å². The lowest BCUT2D eigenvalue weighted by molar-refractivity contribution is -0.121. The molecule has 2 aromatic carbocycles. The third kappa shape index (κ3) is 9.73. The average Bonchev–Trinajstić information content (AvgIpc) is 3.83. The van der Waals surface area contributed by atoms with Crippen LogP contribution in [0.3, 0.4) is 0 Å². The van der Waals surface area contributed by atoms with Crippen LogP contribution in [0.5, 0.6) is 0 Å². The first kappa shape index (κ1) is 46.7. The van der Waals surface area contributed by atoms with Crippen molar-refractivity contribution in [2.24, 2.45) is 23.7 Å². The second-order valence-corrected chi connectivity index (χ2v) is 21.5. The molecule has 344 valence electrons. The van der Waals surface area contributed by atoms with Gasteiger partial charge in [0.15, 0.2) is 0 Å². The van der Waals surface area contributed by atoms with Crippen molar-refractivity contribution in [3.63, 3.8) is 0 Å². The molecule has 0 radical (unpaired) electrons. The molecule has 2 aliphatic carbocycles. The van der Waals surface area contributed by atoms with Crippen LogP contribution in [0.2, 0.25) is 0 Å². The molecule has 4 aliphatic rings. The number of carboxylic acid groups (broad SMARTS) is 1. The minimum atomic E-state index is -3.52. The summed E-state index contributed by atoms with van der Waals surface area (Å²) < 4.78 is 65.8. The van der Waals surface area contributed by atoms with Gasteiger partial charge in [-0.2, -0.15) is 0 Å². The molecule has 0 saturated carbocycles. The maximum atomic E-state index is 13.3. The standard InChI is InChI=1S/C26H37N3O6S.C20H25NO5S/c1-3-28(17-25(31)27-11-12-30)26(32)20-6-8-24-22(16-20)21-15-19(18-9-13-35-14-10-18)5-7-23(21)29(24)36(33,34)4-2;1-2-27(24,25)21-18-5-3-14(13-7-9-26-10-8-13)11-16(18)17-12-15(20(22)23)4-6-19(17)21/h6,8,16,18-19,30H,3-5,7,9-15,17H2,1-2H3,(H,27,31);4,6,12-14H,2-3,5,7-11H2,1H3,(H,22,23). The number of rotatable bonds is 13. The number of ether oxygens (including phenoxy) is 2. The summed E-state index contributed by atoms with van der Waals surface area (Å²) in [5.41, 5.74) is 5.60. The van der Waals surface area contributed by atoms with Crippen LogP contribution in [-0.4, -0.2) is 122 Å². The Kier molecular flexibility index (Phi) is 14.7. The molecule has 2 unspecified atom stereocenters. The summed E-state index contributed by atoms with van der Waals surface area (Å²) >= 11 is 0. The van der Waals surface area contributed by atoms with E-state index in [1.807, 2.05) is 0 Å². The van der Waals surface area contributed by atoms with Crippen molar-refractivity contribution in [2.45, 2.75) is 85.0 Å². The van der Waals surface area contributed by atoms with Crippen LogP contribution in [0.15, 0.2) is 36.4 Å². The molecule has 15 nitrogen and oxygen atoms in total. The largest absolute Gasteiger partial charge is 0.478 e.